The predicted molar refractivity (Wildman–Crippen MR) is 77.4 cm³/mol. The lowest BCUT2D eigenvalue weighted by atomic mass is 10.3. The molecule has 0 bridgehead atoms. The fourth-order valence-corrected chi connectivity index (χ4v) is 3.67. The molecule has 0 radical (unpaired) electrons. The van der Waals surface area contributed by atoms with Crippen LogP contribution in [0.15, 0.2) is 58.3 Å². The summed E-state index contributed by atoms with van der Waals surface area (Å²) in [6.07, 6.45) is 0. The topological polar surface area (TPSA) is 40.5 Å². The molecule has 0 aliphatic rings. The average molecular weight is 278 g/mol. The first-order chi connectivity index (χ1) is 8.63. The normalized spacial score (nSPS) is 10.8. The summed E-state index contributed by atoms with van der Waals surface area (Å²) in [4.78, 5) is 2.26. The maximum atomic E-state index is 9.21. The Kier molecular flexibility index (Phi) is 4.44. The van der Waals surface area contributed by atoms with Crippen LogP contribution >= 0.6 is 23.5 Å². The van der Waals surface area contributed by atoms with Crippen molar-refractivity contribution in [3.05, 3.63) is 48.5 Å². The lowest BCUT2D eigenvalue weighted by Gasteiger charge is -2.11. The van der Waals surface area contributed by atoms with Crippen LogP contribution in [0, 0.1) is 0 Å². The molecule has 0 spiro atoms. The molecule has 0 amide bonds. The average Bonchev–Trinajstić information content (AvgIpc) is 2.35. The van der Waals surface area contributed by atoms with Crippen molar-refractivity contribution in [1.82, 2.24) is 0 Å². The van der Waals surface area contributed by atoms with Crippen molar-refractivity contribution < 1.29 is 10.2 Å². The summed E-state index contributed by atoms with van der Waals surface area (Å²) in [7, 11) is 0. The molecule has 0 aromatic heterocycles. The zero-order chi connectivity index (χ0) is 13.0. The van der Waals surface area contributed by atoms with Gasteiger partial charge < -0.3 is 10.2 Å². The van der Waals surface area contributed by atoms with Gasteiger partial charge in [-0.05, 0) is 55.5 Å². The second kappa shape index (κ2) is 6.07. The van der Waals surface area contributed by atoms with Gasteiger partial charge in [0.25, 0.3) is 0 Å². The van der Waals surface area contributed by atoms with E-state index < -0.39 is 0 Å². The molecule has 2 N–H and O–H groups in total. The van der Waals surface area contributed by atoms with Crippen LogP contribution in [0.2, 0.25) is 0 Å². The van der Waals surface area contributed by atoms with E-state index in [9.17, 15) is 10.2 Å². The largest absolute Gasteiger partial charge is 0.508 e. The Bertz CT molecular complexity index is 447. The SMILES string of the molecule is CC(Sc1ccc(O)cc1)Sc1ccc(O)cc1. The Morgan fingerprint density at radius 2 is 1.06 bits per heavy atom. The molecule has 0 fully saturated rings. The Hall–Kier alpha value is -1.26. The minimum Gasteiger partial charge on any atom is -0.508 e. The molecule has 0 heterocycles. The van der Waals surface area contributed by atoms with E-state index in [2.05, 4.69) is 6.92 Å². The number of benzene rings is 2. The highest BCUT2D eigenvalue weighted by atomic mass is 32.2. The van der Waals surface area contributed by atoms with Gasteiger partial charge in [0.1, 0.15) is 11.5 Å². The Labute approximate surface area is 115 Å². The molecule has 2 aromatic carbocycles. The Morgan fingerprint density at radius 3 is 1.39 bits per heavy atom. The first-order valence-corrected chi connectivity index (χ1v) is 7.31. The van der Waals surface area contributed by atoms with Crippen molar-refractivity contribution in [1.29, 1.82) is 0 Å². The van der Waals surface area contributed by atoms with E-state index in [1.54, 1.807) is 47.8 Å². The zero-order valence-electron chi connectivity index (χ0n) is 9.91. The van der Waals surface area contributed by atoms with E-state index in [1.165, 1.54) is 0 Å². The second-order valence-corrected chi connectivity index (χ2v) is 6.92. The van der Waals surface area contributed by atoms with Gasteiger partial charge in [-0.1, -0.05) is 0 Å². The number of phenolic OH excluding ortho intramolecular Hbond substituents is 2. The van der Waals surface area contributed by atoms with Crippen LogP contribution in [0.5, 0.6) is 11.5 Å². The summed E-state index contributed by atoms with van der Waals surface area (Å²) in [5, 5.41) is 18.4. The van der Waals surface area contributed by atoms with Crippen molar-refractivity contribution in [3.63, 3.8) is 0 Å². The van der Waals surface area contributed by atoms with Gasteiger partial charge in [0.15, 0.2) is 0 Å². The van der Waals surface area contributed by atoms with Gasteiger partial charge in [-0.3, -0.25) is 0 Å². The molecule has 0 saturated carbocycles. The summed E-state index contributed by atoms with van der Waals surface area (Å²) in [5.41, 5.74) is 0. The van der Waals surface area contributed by atoms with Crippen molar-refractivity contribution in [2.24, 2.45) is 0 Å². The number of rotatable bonds is 4. The number of phenols is 2. The van der Waals surface area contributed by atoms with E-state index in [1.807, 2.05) is 24.3 Å². The Morgan fingerprint density at radius 1 is 0.722 bits per heavy atom. The molecule has 2 aromatic rings. The van der Waals surface area contributed by atoms with E-state index in [0.29, 0.717) is 4.58 Å². The molecule has 94 valence electrons. The number of hydrogen-bond acceptors (Lipinski definition) is 4. The van der Waals surface area contributed by atoms with Crippen molar-refractivity contribution >= 4 is 23.5 Å². The first-order valence-electron chi connectivity index (χ1n) is 5.55. The fraction of sp³-hybridized carbons (Fsp3) is 0.143. The molecule has 2 nitrogen and oxygen atoms in total. The third-order valence-corrected chi connectivity index (χ3v) is 4.61. The highest BCUT2D eigenvalue weighted by Crippen LogP contribution is 2.35. The van der Waals surface area contributed by atoms with Crippen LogP contribution in [0.3, 0.4) is 0 Å². The molecular weight excluding hydrogens is 264 g/mol. The molecule has 0 aliphatic heterocycles. The van der Waals surface area contributed by atoms with E-state index >= 15 is 0 Å². The van der Waals surface area contributed by atoms with Gasteiger partial charge in [0, 0.05) is 9.79 Å². The highest BCUT2D eigenvalue weighted by molar-refractivity contribution is 8.17. The highest BCUT2D eigenvalue weighted by Gasteiger charge is 2.06. The first kappa shape index (κ1) is 13.2. The molecule has 2 rings (SSSR count). The molecule has 18 heavy (non-hydrogen) atoms. The smallest absolute Gasteiger partial charge is 0.115 e. The number of hydrogen-bond donors (Lipinski definition) is 2. The zero-order valence-corrected chi connectivity index (χ0v) is 11.5. The molecule has 4 heteroatoms. The van der Waals surface area contributed by atoms with Crippen LogP contribution in [-0.4, -0.2) is 14.8 Å². The standard InChI is InChI=1S/C14H14O2S2/c1-10(17-13-6-2-11(15)3-7-13)18-14-8-4-12(16)5-9-14/h2-10,15-16H,1H3. The third kappa shape index (κ3) is 3.89. The van der Waals surface area contributed by atoms with Gasteiger partial charge in [-0.15, -0.1) is 23.5 Å². The van der Waals surface area contributed by atoms with Crippen LogP contribution in [0.4, 0.5) is 0 Å². The van der Waals surface area contributed by atoms with Crippen molar-refractivity contribution in [3.8, 4) is 11.5 Å². The van der Waals surface area contributed by atoms with Gasteiger partial charge in [-0.25, -0.2) is 0 Å². The monoisotopic (exact) mass is 278 g/mol. The molecular formula is C14H14O2S2. The molecule has 0 atom stereocenters. The van der Waals surface area contributed by atoms with Crippen LogP contribution in [-0.2, 0) is 0 Å². The van der Waals surface area contributed by atoms with E-state index in [4.69, 9.17) is 0 Å². The fourth-order valence-electron chi connectivity index (χ4n) is 1.46. The Balaban J connectivity index is 1.94. The van der Waals surface area contributed by atoms with Crippen LogP contribution in [0.25, 0.3) is 0 Å². The maximum Gasteiger partial charge on any atom is 0.115 e. The molecule has 0 aliphatic carbocycles. The minimum absolute atomic E-state index is 0.290. The third-order valence-electron chi connectivity index (χ3n) is 2.28. The van der Waals surface area contributed by atoms with E-state index in [-0.39, 0.29) is 11.5 Å². The lowest BCUT2D eigenvalue weighted by Crippen LogP contribution is -1.88. The summed E-state index contributed by atoms with van der Waals surface area (Å²) in [6, 6.07) is 14.4. The van der Waals surface area contributed by atoms with Gasteiger partial charge in [0.05, 0.1) is 4.58 Å². The quantitative estimate of drug-likeness (QED) is 0.645. The van der Waals surface area contributed by atoms with Crippen molar-refractivity contribution in [2.45, 2.75) is 21.3 Å². The summed E-state index contributed by atoms with van der Waals surface area (Å²) >= 11 is 3.48. The van der Waals surface area contributed by atoms with Crippen molar-refractivity contribution in [2.75, 3.05) is 0 Å². The van der Waals surface area contributed by atoms with Gasteiger partial charge in [-0.2, -0.15) is 0 Å². The molecule has 0 saturated heterocycles. The lowest BCUT2D eigenvalue weighted by molar-refractivity contribution is 0.474. The summed E-state index contributed by atoms with van der Waals surface area (Å²) < 4.78 is 0.360. The summed E-state index contributed by atoms with van der Waals surface area (Å²) in [6.45, 7) is 2.13. The predicted octanol–water partition coefficient (Wildman–Crippen LogP) is 4.33. The second-order valence-electron chi connectivity index (χ2n) is 3.79. The number of thioether (sulfide) groups is 2. The van der Waals surface area contributed by atoms with Crippen LogP contribution < -0.4 is 0 Å². The minimum atomic E-state index is 0.290. The van der Waals surface area contributed by atoms with Crippen LogP contribution in [0.1, 0.15) is 6.92 Å². The van der Waals surface area contributed by atoms with Gasteiger partial charge in [0.2, 0.25) is 0 Å². The maximum absolute atomic E-state index is 9.21. The van der Waals surface area contributed by atoms with E-state index in [0.717, 1.165) is 9.79 Å². The number of aromatic hydroxyl groups is 2. The molecule has 0 unspecified atom stereocenters. The summed E-state index contributed by atoms with van der Waals surface area (Å²) in [5.74, 6) is 0.580. The van der Waals surface area contributed by atoms with Gasteiger partial charge >= 0.3 is 0 Å².